The van der Waals surface area contributed by atoms with Crippen molar-refractivity contribution >= 4 is 12.2 Å². The van der Waals surface area contributed by atoms with Gasteiger partial charge in [0.05, 0.1) is 33.0 Å². The number of hydrogen-bond acceptors (Lipinski definition) is 6. The van der Waals surface area contributed by atoms with Crippen molar-refractivity contribution in [1.29, 1.82) is 0 Å². The van der Waals surface area contributed by atoms with Gasteiger partial charge in [-0.05, 0) is 12.1 Å². The molecular weight excluding hydrogens is 379 g/mol. The number of halogens is 1. The van der Waals surface area contributed by atoms with Crippen LogP contribution in [-0.2, 0) is 4.74 Å². The maximum atomic E-state index is 14.0. The Morgan fingerprint density at radius 3 is 2.55 bits per heavy atom. The van der Waals surface area contributed by atoms with Gasteiger partial charge in [-0.25, -0.2) is 4.39 Å². The number of methoxy groups -OCH3 is 2. The molecule has 6 nitrogen and oxygen atoms in total. The minimum absolute atomic E-state index is 0.212. The molecule has 2 N–H and O–H groups in total. The molecule has 0 saturated carbocycles. The van der Waals surface area contributed by atoms with Crippen LogP contribution in [0.1, 0.15) is 24.0 Å². The minimum atomic E-state index is -0.765. The van der Waals surface area contributed by atoms with Crippen molar-refractivity contribution < 1.29 is 33.6 Å². The molecule has 2 aromatic carbocycles. The first-order valence-corrected chi connectivity index (χ1v) is 9.33. The zero-order valence-corrected chi connectivity index (χ0v) is 16.4. The normalized spacial score (nSPS) is 21.9. The van der Waals surface area contributed by atoms with E-state index in [1.807, 2.05) is 0 Å². The fourth-order valence-corrected chi connectivity index (χ4v) is 3.18. The van der Waals surface area contributed by atoms with Crippen molar-refractivity contribution in [3.8, 4) is 17.2 Å². The summed E-state index contributed by atoms with van der Waals surface area (Å²) in [6.07, 6.45) is 2.00. The molecule has 0 amide bonds. The molecule has 7 heteroatoms. The van der Waals surface area contributed by atoms with E-state index in [1.54, 1.807) is 42.5 Å². The Bertz CT molecular complexity index is 853. The maximum absolute atomic E-state index is 14.0. The fraction of sp³-hybridized carbons (Fsp3) is 0.364. The zero-order chi connectivity index (χ0) is 20.8. The molecule has 29 heavy (non-hydrogen) atoms. The van der Waals surface area contributed by atoms with Crippen molar-refractivity contribution in [3.05, 3.63) is 53.3 Å². The van der Waals surface area contributed by atoms with Crippen LogP contribution in [0.3, 0.4) is 0 Å². The van der Waals surface area contributed by atoms with Gasteiger partial charge in [0, 0.05) is 30.0 Å². The van der Waals surface area contributed by atoms with E-state index in [-0.39, 0.29) is 18.8 Å². The van der Waals surface area contributed by atoms with Crippen LogP contribution in [0.15, 0.2) is 36.4 Å². The third kappa shape index (κ3) is 5.26. The first kappa shape index (κ1) is 21.1. The average Bonchev–Trinajstić information content (AvgIpc) is 2.73. The van der Waals surface area contributed by atoms with Gasteiger partial charge in [-0.15, -0.1) is 0 Å². The highest BCUT2D eigenvalue weighted by Gasteiger charge is 2.30. The summed E-state index contributed by atoms with van der Waals surface area (Å²) in [6, 6.07) is 9.82. The largest absolute Gasteiger partial charge is 0.497 e. The molecule has 0 aromatic heterocycles. The fourth-order valence-electron chi connectivity index (χ4n) is 3.18. The van der Waals surface area contributed by atoms with Gasteiger partial charge < -0.3 is 29.2 Å². The van der Waals surface area contributed by atoms with E-state index in [9.17, 15) is 14.6 Å². The third-order valence-corrected chi connectivity index (χ3v) is 4.66. The van der Waals surface area contributed by atoms with Gasteiger partial charge in [0.15, 0.2) is 11.5 Å². The Hall–Kier alpha value is -2.61. The number of hydrogen-bond donors (Lipinski definition) is 2. The smallest absolute Gasteiger partial charge is 0.202 e. The highest BCUT2D eigenvalue weighted by molar-refractivity contribution is 5.75. The van der Waals surface area contributed by atoms with Crippen LogP contribution >= 0.6 is 0 Å². The van der Waals surface area contributed by atoms with Crippen molar-refractivity contribution in [2.75, 3.05) is 20.8 Å². The maximum Gasteiger partial charge on any atom is 0.202 e. The van der Waals surface area contributed by atoms with Gasteiger partial charge >= 0.3 is 0 Å². The topological polar surface area (TPSA) is 77.4 Å². The van der Waals surface area contributed by atoms with E-state index in [0.29, 0.717) is 34.8 Å². The molecule has 1 aliphatic rings. The molecule has 1 saturated heterocycles. The highest BCUT2D eigenvalue weighted by atomic mass is 19.1. The summed E-state index contributed by atoms with van der Waals surface area (Å²) in [4.78, 5) is 0. The SMILES string of the molecule is COc1cc(/C=C/c2ccccc2F)c(OC2CC(O)CC(CO)O2)c(OC)c1. The molecule has 0 bridgehead atoms. The Balaban J connectivity index is 1.95. The van der Waals surface area contributed by atoms with Crippen LogP contribution in [0, 0.1) is 5.82 Å². The molecule has 3 unspecified atom stereocenters. The quantitative estimate of drug-likeness (QED) is 0.690. The van der Waals surface area contributed by atoms with Gasteiger partial charge in [0.25, 0.3) is 0 Å². The van der Waals surface area contributed by atoms with Crippen LogP contribution in [-0.4, -0.2) is 49.5 Å². The lowest BCUT2D eigenvalue weighted by Crippen LogP contribution is -2.40. The lowest BCUT2D eigenvalue weighted by Gasteiger charge is -2.32. The molecule has 0 aliphatic carbocycles. The Morgan fingerprint density at radius 2 is 1.86 bits per heavy atom. The van der Waals surface area contributed by atoms with E-state index in [1.165, 1.54) is 20.3 Å². The Kier molecular flexibility index (Phi) is 7.09. The number of aliphatic hydroxyl groups excluding tert-OH is 2. The van der Waals surface area contributed by atoms with Crippen LogP contribution < -0.4 is 14.2 Å². The number of ether oxygens (including phenoxy) is 4. The summed E-state index contributed by atoms with van der Waals surface area (Å²) >= 11 is 0. The van der Waals surface area contributed by atoms with Gasteiger partial charge in [-0.1, -0.05) is 30.4 Å². The van der Waals surface area contributed by atoms with Crippen LogP contribution in [0.25, 0.3) is 12.2 Å². The summed E-state index contributed by atoms with van der Waals surface area (Å²) < 4.78 is 36.5. The molecule has 3 rings (SSSR count). The molecule has 3 atom stereocenters. The summed E-state index contributed by atoms with van der Waals surface area (Å²) in [7, 11) is 3.03. The number of benzene rings is 2. The third-order valence-electron chi connectivity index (χ3n) is 4.66. The summed E-state index contributed by atoms with van der Waals surface area (Å²) in [6.45, 7) is -0.212. The van der Waals surface area contributed by atoms with Crippen LogP contribution in [0.5, 0.6) is 17.2 Å². The predicted molar refractivity (Wildman–Crippen MR) is 106 cm³/mol. The monoisotopic (exact) mass is 404 g/mol. The first-order chi connectivity index (χ1) is 14.0. The second-order valence-electron chi connectivity index (χ2n) is 6.72. The summed E-state index contributed by atoms with van der Waals surface area (Å²) in [5.74, 6) is 0.976. The lowest BCUT2D eigenvalue weighted by atomic mass is 10.1. The second kappa shape index (κ2) is 9.73. The molecular formula is C22H25FO6. The average molecular weight is 404 g/mol. The van der Waals surface area contributed by atoms with Crippen LogP contribution in [0.4, 0.5) is 4.39 Å². The van der Waals surface area contributed by atoms with Crippen molar-refractivity contribution in [1.82, 2.24) is 0 Å². The predicted octanol–water partition coefficient (Wildman–Crippen LogP) is 3.25. The van der Waals surface area contributed by atoms with Gasteiger partial charge in [0.2, 0.25) is 6.29 Å². The van der Waals surface area contributed by atoms with E-state index in [0.717, 1.165) is 0 Å². The zero-order valence-electron chi connectivity index (χ0n) is 16.4. The van der Waals surface area contributed by atoms with Crippen molar-refractivity contribution in [2.24, 2.45) is 0 Å². The lowest BCUT2D eigenvalue weighted by molar-refractivity contribution is -0.185. The van der Waals surface area contributed by atoms with E-state index < -0.39 is 18.5 Å². The molecule has 1 aliphatic heterocycles. The van der Waals surface area contributed by atoms with E-state index in [4.69, 9.17) is 18.9 Å². The summed E-state index contributed by atoms with van der Waals surface area (Å²) in [5, 5.41) is 19.4. The molecule has 156 valence electrons. The highest BCUT2D eigenvalue weighted by Crippen LogP contribution is 2.39. The minimum Gasteiger partial charge on any atom is -0.497 e. The number of rotatable bonds is 7. The first-order valence-electron chi connectivity index (χ1n) is 9.33. The molecule has 0 radical (unpaired) electrons. The van der Waals surface area contributed by atoms with E-state index in [2.05, 4.69) is 0 Å². The Labute approximate surface area is 169 Å². The van der Waals surface area contributed by atoms with Gasteiger partial charge in [-0.3, -0.25) is 0 Å². The number of aliphatic hydroxyl groups is 2. The van der Waals surface area contributed by atoms with Crippen molar-refractivity contribution in [2.45, 2.75) is 31.3 Å². The second-order valence-corrected chi connectivity index (χ2v) is 6.72. The molecule has 0 spiro atoms. The van der Waals surface area contributed by atoms with Gasteiger partial charge in [0.1, 0.15) is 11.6 Å². The van der Waals surface area contributed by atoms with E-state index >= 15 is 0 Å². The molecule has 1 fully saturated rings. The Morgan fingerprint density at radius 1 is 1.10 bits per heavy atom. The molecule has 1 heterocycles. The summed E-state index contributed by atoms with van der Waals surface area (Å²) in [5.41, 5.74) is 1.01. The van der Waals surface area contributed by atoms with Gasteiger partial charge in [-0.2, -0.15) is 0 Å². The van der Waals surface area contributed by atoms with Crippen molar-refractivity contribution in [3.63, 3.8) is 0 Å². The van der Waals surface area contributed by atoms with Crippen LogP contribution in [0.2, 0.25) is 0 Å². The standard InChI is InChI=1S/C22H25FO6/c1-26-17-9-15(8-7-14-5-3-4-6-19(14)23)22(20(12-17)27-2)29-21-11-16(25)10-18(13-24)28-21/h3-9,12,16,18,21,24-25H,10-11,13H2,1-2H3/b8-7+. The molecule has 2 aromatic rings.